The van der Waals surface area contributed by atoms with Gasteiger partial charge in [0.25, 0.3) is 0 Å². The van der Waals surface area contributed by atoms with Gasteiger partial charge in [0.05, 0.1) is 56.3 Å². The van der Waals surface area contributed by atoms with Crippen LogP contribution in [0.4, 0.5) is 0 Å². The lowest BCUT2D eigenvalue weighted by molar-refractivity contribution is -0.390. The number of allylic oxidation sites excluding steroid dienone is 2. The summed E-state index contributed by atoms with van der Waals surface area (Å²) in [4.78, 5) is 27.6. The molecule has 0 bridgehead atoms. The smallest absolute Gasteiger partial charge is 0.187 e. The van der Waals surface area contributed by atoms with E-state index < -0.39 is 195 Å². The summed E-state index contributed by atoms with van der Waals surface area (Å²) < 4.78 is 54.2. The molecule has 7 fully saturated rings. The van der Waals surface area contributed by atoms with Crippen molar-refractivity contribution in [3.8, 4) is 0 Å². The predicted molar refractivity (Wildman–Crippen MR) is 255 cm³/mol. The van der Waals surface area contributed by atoms with Gasteiger partial charge in [-0.1, -0.05) is 38.8 Å². The molecule has 13 N–H and O–H groups in total. The molecule has 9 rings (SSSR count). The highest BCUT2D eigenvalue weighted by Gasteiger charge is 2.75. The van der Waals surface area contributed by atoms with Crippen LogP contribution in [-0.2, 0) is 52.2 Å². The second-order valence-electron chi connectivity index (χ2n) is 23.9. The Balaban J connectivity index is 0.912. The molecule has 4 aliphatic carbocycles. The molecule has 0 aromatic heterocycles. The largest absolute Gasteiger partial charge is 0.396 e. The Morgan fingerprint density at radius 3 is 1.95 bits per heavy atom. The van der Waals surface area contributed by atoms with Crippen molar-refractivity contribution < 1.29 is 119 Å². The van der Waals surface area contributed by atoms with Gasteiger partial charge in [-0.15, -0.1) is 0 Å². The first-order valence-electron chi connectivity index (χ1n) is 27.1. The van der Waals surface area contributed by atoms with Gasteiger partial charge in [0.1, 0.15) is 97.3 Å². The summed E-state index contributed by atoms with van der Waals surface area (Å²) in [5.41, 5.74) is -2.06. The van der Waals surface area contributed by atoms with Gasteiger partial charge in [0, 0.05) is 23.7 Å². The maximum atomic E-state index is 14.7. The van der Waals surface area contributed by atoms with Crippen LogP contribution < -0.4 is 0 Å². The Morgan fingerprint density at radius 2 is 1.29 bits per heavy atom. The number of ketones is 2. The van der Waals surface area contributed by atoms with Gasteiger partial charge in [-0.05, 0) is 76.0 Å². The lowest BCUT2D eigenvalue weighted by atomic mass is 9.42. The maximum absolute atomic E-state index is 14.7. The van der Waals surface area contributed by atoms with Crippen LogP contribution in [0.5, 0.6) is 0 Å². The number of carbonyl (C=O) groups is 2. The van der Waals surface area contributed by atoms with E-state index in [0.29, 0.717) is 44.9 Å². The Labute approximate surface area is 440 Å². The standard InChI is InChI=1S/C52H82O24/c1-7-25(56)27-14-21(2)52(76-27)15-31(58)50(6)24-8-9-30-48(4,23(24)10-13-49(50,52)5)12-11-32(51(30,19-54)20-55)73-45-41(67)38(64)36(62)29(72-45)18-69-46-42(34(60)26(57)17-68-46)75-47-43(39(65)35(61)28(16-53)71-47)74-44-40(66)37(63)33(59)22(3)70-44/h21-22,26-30,32-47,53-55,57,59-67H,7-20H2,1-6H3/t21-,22+,26-,27+,28-,29-,30-,32+,33+,34-,35-,36-,37-,38+,39+,40-,41-,42+,43-,44+,45+,46-,47+,48-,49+,50-,52+/m1/s1. The number of hydrogen-bond acceptors (Lipinski definition) is 24. The number of carbonyl (C=O) groups excluding carboxylic acids is 2. The van der Waals surface area contributed by atoms with E-state index in [1.165, 1.54) is 6.92 Å². The third kappa shape index (κ3) is 9.04. The van der Waals surface area contributed by atoms with Gasteiger partial charge < -0.3 is 109 Å². The van der Waals surface area contributed by atoms with Gasteiger partial charge in [0.2, 0.25) is 0 Å². The van der Waals surface area contributed by atoms with Crippen LogP contribution in [0.2, 0.25) is 0 Å². The van der Waals surface area contributed by atoms with E-state index in [1.54, 1.807) is 0 Å². The Kier molecular flexibility index (Phi) is 16.9. The highest BCUT2D eigenvalue weighted by molar-refractivity contribution is 5.94. The molecule has 5 heterocycles. The van der Waals surface area contributed by atoms with Crippen LogP contribution in [-0.4, -0.2) is 246 Å². The fourth-order valence-corrected chi connectivity index (χ4v) is 15.4. The zero-order valence-electron chi connectivity index (χ0n) is 44.0. The van der Waals surface area contributed by atoms with Crippen LogP contribution in [0.25, 0.3) is 0 Å². The van der Waals surface area contributed by atoms with E-state index in [2.05, 4.69) is 20.8 Å². The Hall–Kier alpha value is -1.80. The molecule has 9 aliphatic rings. The molecule has 76 heavy (non-hydrogen) atoms. The third-order valence-electron chi connectivity index (χ3n) is 20.3. The summed E-state index contributed by atoms with van der Waals surface area (Å²) >= 11 is 0. The van der Waals surface area contributed by atoms with Crippen LogP contribution in [0.3, 0.4) is 0 Å². The third-order valence-corrected chi connectivity index (χ3v) is 20.3. The number of aliphatic hydroxyl groups is 13. The summed E-state index contributed by atoms with van der Waals surface area (Å²) in [5.74, 6) is -0.302. The molecule has 2 saturated carbocycles. The van der Waals surface area contributed by atoms with E-state index in [4.69, 9.17) is 42.6 Å². The summed E-state index contributed by atoms with van der Waals surface area (Å²) in [6.45, 7) is 8.49. The molecule has 0 unspecified atom stereocenters. The molecule has 0 aromatic carbocycles. The van der Waals surface area contributed by atoms with E-state index in [9.17, 15) is 76.0 Å². The van der Waals surface area contributed by atoms with Crippen LogP contribution in [0.1, 0.15) is 99.3 Å². The number of aliphatic hydroxyl groups excluding tert-OH is 13. The zero-order chi connectivity index (χ0) is 55.4. The van der Waals surface area contributed by atoms with Crippen molar-refractivity contribution in [2.45, 2.75) is 234 Å². The fourth-order valence-electron chi connectivity index (χ4n) is 15.4. The average Bonchev–Trinajstić information content (AvgIpc) is 4.05. The average molecular weight is 1090 g/mol. The highest BCUT2D eigenvalue weighted by Crippen LogP contribution is 2.74. The van der Waals surface area contributed by atoms with Gasteiger partial charge in [0.15, 0.2) is 30.9 Å². The minimum absolute atomic E-state index is 0.0264. The van der Waals surface area contributed by atoms with Gasteiger partial charge >= 0.3 is 0 Å². The SMILES string of the molecule is CCC(=O)[C@@H]1C[C@@H](C)[C@]2(CC(=O)[C@@]3(C)C4=C(CC[C@@]32C)[C@@]2(C)CC[C@H](O[C@@H]3O[C@H](CO[C@H]5OC[C@@H](O)[C@@H](O)[C@@H]5O[C@@H]5O[C@H](CO)[C@@H](O)[C@H](O)[C@H]5O[C@@H]5O[C@@H](C)[C@H](O)[C@@H](O)[C@H]5O)[C@@H](O)[C@H](O)[C@H]3O)C(CO)(CO)[C@@H]2CC4)O1. The second-order valence-corrected chi connectivity index (χ2v) is 23.9. The van der Waals surface area contributed by atoms with Crippen molar-refractivity contribution in [1.82, 2.24) is 0 Å². The summed E-state index contributed by atoms with van der Waals surface area (Å²) in [6.07, 6.45) is -29.9. The number of Topliss-reactive ketones (excluding diaryl/α,β-unsaturated/α-hetero) is 2. The lowest BCUT2D eigenvalue weighted by Gasteiger charge is -2.63. The highest BCUT2D eigenvalue weighted by atomic mass is 16.8. The quantitative estimate of drug-likeness (QED) is 0.0758. The number of ether oxygens (including phenoxy) is 9. The first kappa shape index (κ1) is 58.8. The minimum atomic E-state index is -1.93. The van der Waals surface area contributed by atoms with Gasteiger partial charge in [-0.3, -0.25) is 9.59 Å². The summed E-state index contributed by atoms with van der Waals surface area (Å²) in [7, 11) is 0. The molecule has 24 nitrogen and oxygen atoms in total. The Bertz CT molecular complexity index is 2130. The topological polar surface area (TPSA) is 380 Å². The van der Waals surface area contributed by atoms with Crippen molar-refractivity contribution in [3.63, 3.8) is 0 Å². The van der Waals surface area contributed by atoms with Crippen molar-refractivity contribution in [2.75, 3.05) is 33.0 Å². The second kappa shape index (κ2) is 21.8. The van der Waals surface area contributed by atoms with E-state index in [0.717, 1.165) is 11.1 Å². The normalized spacial score (nSPS) is 52.4. The molecule has 0 amide bonds. The summed E-state index contributed by atoms with van der Waals surface area (Å²) in [6, 6.07) is 0. The molecule has 434 valence electrons. The van der Waals surface area contributed by atoms with Crippen LogP contribution in [0.15, 0.2) is 11.1 Å². The molecule has 27 atom stereocenters. The molecule has 1 spiro atoms. The first-order valence-corrected chi connectivity index (χ1v) is 27.1. The summed E-state index contributed by atoms with van der Waals surface area (Å²) in [5, 5.41) is 142. The van der Waals surface area contributed by atoms with Crippen molar-refractivity contribution in [2.24, 2.45) is 33.5 Å². The predicted octanol–water partition coefficient (Wildman–Crippen LogP) is -3.29. The van der Waals surface area contributed by atoms with Crippen molar-refractivity contribution >= 4 is 11.6 Å². The fraction of sp³-hybridized carbons (Fsp3) is 0.923. The van der Waals surface area contributed by atoms with Crippen LogP contribution in [0, 0.1) is 33.5 Å². The first-order chi connectivity index (χ1) is 35.8. The molecular formula is C52H82O24. The number of rotatable bonds is 14. The van der Waals surface area contributed by atoms with Crippen molar-refractivity contribution in [1.29, 1.82) is 0 Å². The van der Waals surface area contributed by atoms with E-state index >= 15 is 0 Å². The number of hydrogen-bond donors (Lipinski definition) is 13. The van der Waals surface area contributed by atoms with Gasteiger partial charge in [-0.2, -0.15) is 0 Å². The van der Waals surface area contributed by atoms with Crippen molar-refractivity contribution in [3.05, 3.63) is 11.1 Å². The maximum Gasteiger partial charge on any atom is 0.187 e. The van der Waals surface area contributed by atoms with Crippen LogP contribution >= 0.6 is 0 Å². The molecule has 24 heteroatoms. The lowest BCUT2D eigenvalue weighted by Crippen LogP contribution is -2.66. The zero-order valence-corrected chi connectivity index (χ0v) is 44.0. The minimum Gasteiger partial charge on any atom is -0.396 e. The molecule has 5 saturated heterocycles. The molecular weight excluding hydrogens is 1010 g/mol. The monoisotopic (exact) mass is 1090 g/mol. The molecule has 0 aromatic rings. The van der Waals surface area contributed by atoms with Gasteiger partial charge in [-0.25, -0.2) is 0 Å². The van der Waals surface area contributed by atoms with E-state index in [-0.39, 0.29) is 30.3 Å². The van der Waals surface area contributed by atoms with E-state index in [1.807, 2.05) is 13.8 Å². The Morgan fingerprint density at radius 1 is 0.671 bits per heavy atom. The molecule has 0 radical (unpaired) electrons. The molecule has 5 aliphatic heterocycles. The number of fused-ring (bicyclic) bond motifs is 5.